The number of carboxylic acid groups (broad SMARTS) is 1. The Morgan fingerprint density at radius 2 is 2.04 bits per heavy atom. The first-order valence-corrected chi connectivity index (χ1v) is 8.77. The first-order valence-electron chi connectivity index (χ1n) is 8.39. The molecule has 1 unspecified atom stereocenters. The van der Waals surface area contributed by atoms with Gasteiger partial charge in [-0.2, -0.15) is 0 Å². The Labute approximate surface area is 151 Å². The van der Waals surface area contributed by atoms with Crippen LogP contribution < -0.4 is 0 Å². The number of hydrogen-bond acceptors (Lipinski definition) is 2. The molecule has 1 atom stereocenters. The topological polar surface area (TPSA) is 56.3 Å². The van der Waals surface area contributed by atoms with Gasteiger partial charge in [0.1, 0.15) is 0 Å². The summed E-state index contributed by atoms with van der Waals surface area (Å²) in [5.74, 6) is -0.945. The molecule has 1 fully saturated rings. The van der Waals surface area contributed by atoms with E-state index in [-0.39, 0.29) is 5.56 Å². The van der Waals surface area contributed by atoms with Crippen LogP contribution in [0.2, 0.25) is 5.02 Å². The minimum Gasteiger partial charge on any atom is -0.478 e. The predicted octanol–water partition coefficient (Wildman–Crippen LogP) is 4.95. The summed E-state index contributed by atoms with van der Waals surface area (Å²) in [6.45, 7) is 1.14. The van der Waals surface area contributed by atoms with E-state index in [1.54, 1.807) is 6.07 Å². The smallest absolute Gasteiger partial charge is 0.337 e. The van der Waals surface area contributed by atoms with Gasteiger partial charge in [0.05, 0.1) is 10.6 Å². The minimum atomic E-state index is -0.945. The number of hydrogen-bond donors (Lipinski definition) is 2. The lowest BCUT2D eigenvalue weighted by Crippen LogP contribution is -2.17. The first kappa shape index (κ1) is 16.2. The van der Waals surface area contributed by atoms with Gasteiger partial charge in [-0.15, -0.1) is 0 Å². The first-order chi connectivity index (χ1) is 12.0. The van der Waals surface area contributed by atoms with Gasteiger partial charge in [-0.05, 0) is 49.7 Å². The summed E-state index contributed by atoms with van der Waals surface area (Å²) < 4.78 is 0. The fraction of sp³-hybridized carbons (Fsp3) is 0.250. The van der Waals surface area contributed by atoms with E-state index in [9.17, 15) is 9.90 Å². The Balaban J connectivity index is 1.74. The summed E-state index contributed by atoms with van der Waals surface area (Å²) in [7, 11) is 2.16. The third kappa shape index (κ3) is 2.81. The van der Waals surface area contributed by atoms with E-state index >= 15 is 0 Å². The molecule has 128 valence electrons. The highest BCUT2D eigenvalue weighted by Gasteiger charge is 2.22. The Morgan fingerprint density at radius 3 is 2.68 bits per heavy atom. The van der Waals surface area contributed by atoms with E-state index in [0.717, 1.165) is 23.2 Å². The summed E-state index contributed by atoms with van der Waals surface area (Å²) in [6.07, 6.45) is 3.93. The maximum atomic E-state index is 11.4. The van der Waals surface area contributed by atoms with Gasteiger partial charge < -0.3 is 10.1 Å². The molecule has 4 rings (SSSR count). The third-order valence-corrected chi connectivity index (χ3v) is 5.44. The lowest BCUT2D eigenvalue weighted by Gasteiger charge is -2.20. The van der Waals surface area contributed by atoms with Crippen molar-refractivity contribution in [3.05, 3.63) is 58.7 Å². The second kappa shape index (κ2) is 6.21. The van der Waals surface area contributed by atoms with Crippen LogP contribution >= 0.6 is 11.6 Å². The zero-order valence-corrected chi connectivity index (χ0v) is 14.7. The number of H-pyrrole nitrogens is 1. The van der Waals surface area contributed by atoms with Crippen molar-refractivity contribution in [1.82, 2.24) is 9.88 Å². The van der Waals surface area contributed by atoms with Crippen molar-refractivity contribution in [3.63, 3.8) is 0 Å². The number of carbonyl (C=O) groups is 1. The molecule has 1 aliphatic rings. The average Bonchev–Trinajstić information content (AvgIpc) is 3.20. The van der Waals surface area contributed by atoms with Crippen LogP contribution in [-0.4, -0.2) is 34.6 Å². The number of carboxylic acids is 1. The summed E-state index contributed by atoms with van der Waals surface area (Å²) >= 11 is 6.44. The molecule has 0 saturated carbocycles. The van der Waals surface area contributed by atoms with E-state index in [1.807, 2.05) is 6.07 Å². The fourth-order valence-electron chi connectivity index (χ4n) is 3.76. The number of aromatic nitrogens is 1. The van der Waals surface area contributed by atoms with Crippen LogP contribution in [0.3, 0.4) is 0 Å². The highest BCUT2D eigenvalue weighted by Crippen LogP contribution is 2.35. The molecule has 0 amide bonds. The highest BCUT2D eigenvalue weighted by molar-refractivity contribution is 6.34. The average molecular weight is 355 g/mol. The number of rotatable bonds is 3. The molecular formula is C20H19ClN2O2. The van der Waals surface area contributed by atoms with Crippen LogP contribution in [0.1, 0.15) is 34.8 Å². The Morgan fingerprint density at radius 1 is 1.28 bits per heavy atom. The SMILES string of the molecule is CN1CCCC1c1ccc(-c2cc3c(C(=O)O)c[nH]c3cc2Cl)cc1. The van der Waals surface area contributed by atoms with Gasteiger partial charge in [0, 0.05) is 28.7 Å². The van der Waals surface area contributed by atoms with Crippen molar-refractivity contribution >= 4 is 28.5 Å². The fourth-order valence-corrected chi connectivity index (χ4v) is 4.03. The van der Waals surface area contributed by atoms with Crippen molar-refractivity contribution in [2.24, 2.45) is 0 Å². The number of halogens is 1. The molecule has 1 aromatic heterocycles. The maximum Gasteiger partial charge on any atom is 0.337 e. The monoisotopic (exact) mass is 354 g/mol. The largest absolute Gasteiger partial charge is 0.478 e. The number of benzene rings is 2. The number of fused-ring (bicyclic) bond motifs is 1. The lowest BCUT2D eigenvalue weighted by atomic mass is 9.98. The van der Waals surface area contributed by atoms with Crippen molar-refractivity contribution in [2.75, 3.05) is 13.6 Å². The summed E-state index contributed by atoms with van der Waals surface area (Å²) in [5, 5.41) is 10.6. The molecule has 0 aliphatic carbocycles. The predicted molar refractivity (Wildman–Crippen MR) is 100 cm³/mol. The number of nitrogens with zero attached hydrogens (tertiary/aromatic N) is 1. The molecule has 4 nitrogen and oxygen atoms in total. The van der Waals surface area contributed by atoms with E-state index in [2.05, 4.69) is 41.2 Å². The van der Waals surface area contributed by atoms with Crippen LogP contribution in [0.4, 0.5) is 0 Å². The summed E-state index contributed by atoms with van der Waals surface area (Å²) in [6, 6.07) is 12.6. The van der Waals surface area contributed by atoms with E-state index in [4.69, 9.17) is 11.6 Å². The zero-order valence-electron chi connectivity index (χ0n) is 13.9. The molecule has 0 bridgehead atoms. The molecule has 0 spiro atoms. The molecule has 2 aromatic carbocycles. The van der Waals surface area contributed by atoms with Crippen molar-refractivity contribution in [3.8, 4) is 11.1 Å². The quantitative estimate of drug-likeness (QED) is 0.699. The van der Waals surface area contributed by atoms with Crippen molar-refractivity contribution < 1.29 is 9.90 Å². The Hall–Kier alpha value is -2.30. The molecule has 1 aliphatic heterocycles. The van der Waals surface area contributed by atoms with Gasteiger partial charge >= 0.3 is 5.97 Å². The van der Waals surface area contributed by atoms with E-state index < -0.39 is 5.97 Å². The molecule has 5 heteroatoms. The van der Waals surface area contributed by atoms with Crippen LogP contribution in [-0.2, 0) is 0 Å². The van der Waals surface area contributed by atoms with E-state index in [1.165, 1.54) is 24.6 Å². The molecule has 3 aromatic rings. The minimum absolute atomic E-state index is 0.261. The van der Waals surface area contributed by atoms with Gasteiger partial charge in [0.25, 0.3) is 0 Å². The van der Waals surface area contributed by atoms with Crippen LogP contribution in [0, 0.1) is 0 Å². The molecule has 25 heavy (non-hydrogen) atoms. The molecule has 1 saturated heterocycles. The standard InChI is InChI=1S/C20H19ClN2O2/c1-23-8-2-3-19(23)13-6-4-12(5-7-13)14-9-15-16(20(24)25)11-22-18(15)10-17(14)21/h4-7,9-11,19,22H,2-3,8H2,1H3,(H,24,25). The second-order valence-corrected chi connectivity index (χ2v) is 7.05. The second-order valence-electron chi connectivity index (χ2n) is 6.65. The molecule has 2 N–H and O–H groups in total. The summed E-state index contributed by atoms with van der Waals surface area (Å²) in [4.78, 5) is 16.7. The molecule has 0 radical (unpaired) electrons. The van der Waals surface area contributed by atoms with Gasteiger partial charge in [-0.1, -0.05) is 35.9 Å². The molecule has 2 heterocycles. The third-order valence-electron chi connectivity index (χ3n) is 5.13. The van der Waals surface area contributed by atoms with Gasteiger partial charge in [0.15, 0.2) is 0 Å². The number of aromatic carboxylic acids is 1. The Bertz CT molecular complexity index is 946. The van der Waals surface area contributed by atoms with Gasteiger partial charge in [0.2, 0.25) is 0 Å². The number of nitrogens with one attached hydrogen (secondary N) is 1. The zero-order chi connectivity index (χ0) is 17.6. The van der Waals surface area contributed by atoms with Crippen molar-refractivity contribution in [1.29, 1.82) is 0 Å². The van der Waals surface area contributed by atoms with Crippen molar-refractivity contribution in [2.45, 2.75) is 18.9 Å². The van der Waals surface area contributed by atoms with Gasteiger partial charge in [-0.25, -0.2) is 4.79 Å². The van der Waals surface area contributed by atoms with Crippen LogP contribution in [0.5, 0.6) is 0 Å². The number of likely N-dealkylation sites (tertiary alicyclic amines) is 1. The van der Waals surface area contributed by atoms with Gasteiger partial charge in [-0.3, -0.25) is 4.90 Å². The summed E-state index contributed by atoms with van der Waals surface area (Å²) in [5.41, 5.74) is 4.15. The van der Waals surface area contributed by atoms with Crippen LogP contribution in [0.15, 0.2) is 42.6 Å². The highest BCUT2D eigenvalue weighted by atomic mass is 35.5. The van der Waals surface area contributed by atoms with Crippen LogP contribution in [0.25, 0.3) is 22.0 Å². The normalized spacial score (nSPS) is 18.1. The number of aromatic amines is 1. The maximum absolute atomic E-state index is 11.4. The molecular weight excluding hydrogens is 336 g/mol. The Kier molecular flexibility index (Phi) is 4.02. The van der Waals surface area contributed by atoms with E-state index in [0.29, 0.717) is 16.5 Å². The lowest BCUT2D eigenvalue weighted by molar-refractivity contribution is 0.0699.